The van der Waals surface area contributed by atoms with Crippen molar-refractivity contribution in [2.75, 3.05) is 18.5 Å². The summed E-state index contributed by atoms with van der Waals surface area (Å²) in [4.78, 5) is 23.9. The van der Waals surface area contributed by atoms with Gasteiger partial charge in [-0.05, 0) is 32.0 Å². The van der Waals surface area contributed by atoms with E-state index in [2.05, 4.69) is 5.32 Å². The Balaban J connectivity index is 2.16. The average Bonchev–Trinajstić information content (AvgIpc) is 2.58. The highest BCUT2D eigenvalue weighted by Crippen LogP contribution is 2.31. The standard InChI is InChI=1S/C18H19F3N2O4/c1-3-26-14-7-6-13(9-15(14)27-4-2)22-16(24)11-23-10-12(18(19,20)21)5-8-17(23)25/h5-10H,3-4,11H2,1-2H3,(H,22,24). The summed E-state index contributed by atoms with van der Waals surface area (Å²) < 4.78 is 49.8. The second-order valence-electron chi connectivity index (χ2n) is 5.46. The Bertz CT molecular complexity index is 862. The highest BCUT2D eigenvalue weighted by molar-refractivity contribution is 5.90. The van der Waals surface area contributed by atoms with Crippen molar-refractivity contribution in [2.24, 2.45) is 0 Å². The molecule has 0 atom stereocenters. The van der Waals surface area contributed by atoms with Crippen LogP contribution in [0.5, 0.6) is 11.5 Å². The number of carbonyl (C=O) groups is 1. The van der Waals surface area contributed by atoms with Crippen LogP contribution < -0.4 is 20.3 Å². The summed E-state index contributed by atoms with van der Waals surface area (Å²) in [5, 5.41) is 2.53. The van der Waals surface area contributed by atoms with Gasteiger partial charge in [0.2, 0.25) is 5.91 Å². The number of pyridine rings is 1. The fraction of sp³-hybridized carbons (Fsp3) is 0.333. The first-order chi connectivity index (χ1) is 12.7. The molecule has 2 aromatic rings. The van der Waals surface area contributed by atoms with Gasteiger partial charge < -0.3 is 19.4 Å². The molecule has 0 aliphatic carbocycles. The average molecular weight is 384 g/mol. The predicted octanol–water partition coefficient (Wildman–Crippen LogP) is 3.30. The first kappa shape index (κ1) is 20.3. The smallest absolute Gasteiger partial charge is 0.417 e. The molecule has 1 aromatic heterocycles. The zero-order chi connectivity index (χ0) is 20.0. The van der Waals surface area contributed by atoms with Crippen molar-refractivity contribution < 1.29 is 27.4 Å². The van der Waals surface area contributed by atoms with Crippen LogP contribution in [0.25, 0.3) is 0 Å². The number of ether oxygens (including phenoxy) is 2. The fourth-order valence-corrected chi connectivity index (χ4v) is 2.31. The Hall–Kier alpha value is -2.97. The van der Waals surface area contributed by atoms with Crippen LogP contribution in [-0.4, -0.2) is 23.7 Å². The van der Waals surface area contributed by atoms with Gasteiger partial charge in [-0.15, -0.1) is 0 Å². The molecule has 0 saturated heterocycles. The van der Waals surface area contributed by atoms with Gasteiger partial charge in [0.15, 0.2) is 11.5 Å². The Morgan fingerprint density at radius 2 is 1.74 bits per heavy atom. The van der Waals surface area contributed by atoms with Crippen molar-refractivity contribution in [1.82, 2.24) is 4.57 Å². The number of carbonyl (C=O) groups excluding carboxylic acids is 1. The monoisotopic (exact) mass is 384 g/mol. The minimum Gasteiger partial charge on any atom is -0.490 e. The lowest BCUT2D eigenvalue weighted by Crippen LogP contribution is -2.28. The third kappa shape index (κ3) is 5.50. The van der Waals surface area contributed by atoms with Gasteiger partial charge >= 0.3 is 6.18 Å². The topological polar surface area (TPSA) is 69.6 Å². The van der Waals surface area contributed by atoms with E-state index < -0.39 is 29.8 Å². The van der Waals surface area contributed by atoms with E-state index >= 15 is 0 Å². The molecule has 1 aromatic carbocycles. The summed E-state index contributed by atoms with van der Waals surface area (Å²) in [5.74, 6) is 0.280. The van der Waals surface area contributed by atoms with Gasteiger partial charge in [-0.25, -0.2) is 0 Å². The molecular formula is C18H19F3N2O4. The normalized spacial score (nSPS) is 11.1. The number of benzene rings is 1. The number of amides is 1. The van der Waals surface area contributed by atoms with Crippen LogP contribution in [-0.2, 0) is 17.5 Å². The lowest BCUT2D eigenvalue weighted by molar-refractivity contribution is -0.138. The van der Waals surface area contributed by atoms with E-state index in [1.165, 1.54) is 0 Å². The number of nitrogens with one attached hydrogen (secondary N) is 1. The molecule has 6 nitrogen and oxygen atoms in total. The van der Waals surface area contributed by atoms with Crippen LogP contribution in [0.4, 0.5) is 18.9 Å². The number of anilines is 1. The first-order valence-corrected chi connectivity index (χ1v) is 8.21. The Kier molecular flexibility index (Phi) is 6.49. The van der Waals surface area contributed by atoms with Crippen molar-refractivity contribution in [3.05, 3.63) is 52.4 Å². The molecule has 0 radical (unpaired) electrons. The number of halogens is 3. The van der Waals surface area contributed by atoms with Crippen molar-refractivity contribution in [3.63, 3.8) is 0 Å². The van der Waals surface area contributed by atoms with Gasteiger partial charge in [-0.3, -0.25) is 9.59 Å². The number of alkyl halides is 3. The summed E-state index contributed by atoms with van der Waals surface area (Å²) in [5.41, 5.74) is -1.35. The highest BCUT2D eigenvalue weighted by atomic mass is 19.4. The zero-order valence-electron chi connectivity index (χ0n) is 14.8. The van der Waals surface area contributed by atoms with E-state index in [9.17, 15) is 22.8 Å². The van der Waals surface area contributed by atoms with Crippen LogP contribution in [0.15, 0.2) is 41.3 Å². The van der Waals surface area contributed by atoms with Gasteiger partial charge in [-0.2, -0.15) is 13.2 Å². The van der Waals surface area contributed by atoms with E-state index in [4.69, 9.17) is 9.47 Å². The third-order valence-corrected chi connectivity index (χ3v) is 3.45. The number of rotatable bonds is 7. The van der Waals surface area contributed by atoms with Crippen molar-refractivity contribution in [3.8, 4) is 11.5 Å². The molecule has 0 unspecified atom stereocenters. The van der Waals surface area contributed by atoms with Crippen LogP contribution >= 0.6 is 0 Å². The second-order valence-corrected chi connectivity index (χ2v) is 5.46. The molecule has 1 heterocycles. The minimum absolute atomic E-state index is 0.368. The van der Waals surface area contributed by atoms with E-state index in [1.54, 1.807) is 25.1 Å². The number of hydrogen-bond acceptors (Lipinski definition) is 4. The lowest BCUT2D eigenvalue weighted by Gasteiger charge is -2.14. The van der Waals surface area contributed by atoms with Crippen LogP contribution in [0.1, 0.15) is 19.4 Å². The molecule has 27 heavy (non-hydrogen) atoms. The van der Waals surface area contributed by atoms with E-state index in [1.807, 2.05) is 6.92 Å². The highest BCUT2D eigenvalue weighted by Gasteiger charge is 2.31. The molecule has 146 valence electrons. The summed E-state index contributed by atoms with van der Waals surface area (Å²) in [7, 11) is 0. The maximum Gasteiger partial charge on any atom is 0.417 e. The number of nitrogens with zero attached hydrogens (tertiary/aromatic N) is 1. The molecule has 0 aliphatic rings. The SMILES string of the molecule is CCOc1ccc(NC(=O)Cn2cc(C(F)(F)F)ccc2=O)cc1OCC. The fourth-order valence-electron chi connectivity index (χ4n) is 2.31. The van der Waals surface area contributed by atoms with Crippen molar-refractivity contribution in [2.45, 2.75) is 26.6 Å². The molecule has 0 spiro atoms. The number of aromatic nitrogens is 1. The van der Waals surface area contributed by atoms with E-state index in [0.29, 0.717) is 47.2 Å². The van der Waals surface area contributed by atoms with Gasteiger partial charge in [0, 0.05) is 24.0 Å². The molecular weight excluding hydrogens is 365 g/mol. The molecule has 0 fully saturated rings. The van der Waals surface area contributed by atoms with E-state index in [0.717, 1.165) is 6.07 Å². The summed E-state index contributed by atoms with van der Waals surface area (Å²) in [6.45, 7) is 3.88. The van der Waals surface area contributed by atoms with Gasteiger partial charge in [0.1, 0.15) is 6.54 Å². The Morgan fingerprint density at radius 3 is 2.37 bits per heavy atom. The molecule has 1 amide bonds. The Labute approximate surface area is 153 Å². The second kappa shape index (κ2) is 8.61. The van der Waals surface area contributed by atoms with Crippen molar-refractivity contribution in [1.29, 1.82) is 0 Å². The molecule has 1 N–H and O–H groups in total. The largest absolute Gasteiger partial charge is 0.490 e. The molecule has 9 heteroatoms. The minimum atomic E-state index is -4.60. The summed E-state index contributed by atoms with van der Waals surface area (Å²) in [6, 6.07) is 6.18. The molecule has 0 saturated carbocycles. The van der Waals surface area contributed by atoms with Gasteiger partial charge in [0.05, 0.1) is 18.8 Å². The molecule has 0 aliphatic heterocycles. The zero-order valence-corrected chi connectivity index (χ0v) is 14.8. The van der Waals surface area contributed by atoms with Gasteiger partial charge in [-0.1, -0.05) is 0 Å². The molecule has 2 rings (SSSR count). The maximum atomic E-state index is 12.8. The predicted molar refractivity (Wildman–Crippen MR) is 93.1 cm³/mol. The Morgan fingerprint density at radius 1 is 1.07 bits per heavy atom. The third-order valence-electron chi connectivity index (χ3n) is 3.45. The summed E-state index contributed by atoms with van der Waals surface area (Å²) in [6.07, 6.45) is -3.99. The van der Waals surface area contributed by atoms with Crippen molar-refractivity contribution >= 4 is 11.6 Å². The van der Waals surface area contributed by atoms with Crippen LogP contribution in [0.2, 0.25) is 0 Å². The van der Waals surface area contributed by atoms with Crippen LogP contribution in [0.3, 0.4) is 0 Å². The van der Waals surface area contributed by atoms with Crippen LogP contribution in [0, 0.1) is 0 Å². The molecule has 0 bridgehead atoms. The first-order valence-electron chi connectivity index (χ1n) is 8.21. The number of hydrogen-bond donors (Lipinski definition) is 1. The maximum absolute atomic E-state index is 12.8. The quantitative estimate of drug-likeness (QED) is 0.795. The summed E-state index contributed by atoms with van der Waals surface area (Å²) >= 11 is 0. The lowest BCUT2D eigenvalue weighted by atomic mass is 10.2. The van der Waals surface area contributed by atoms with E-state index in [-0.39, 0.29) is 0 Å². The van der Waals surface area contributed by atoms with Gasteiger partial charge in [0.25, 0.3) is 5.56 Å².